The molecule has 0 bridgehead atoms. The van der Waals surface area contributed by atoms with Crippen LogP contribution in [-0.4, -0.2) is 18.8 Å². The van der Waals surface area contributed by atoms with Crippen molar-refractivity contribution in [1.82, 2.24) is 4.57 Å². The largest absolute Gasteiger partial charge is 0.493 e. The van der Waals surface area contributed by atoms with Crippen molar-refractivity contribution in [3.8, 4) is 11.5 Å². The van der Waals surface area contributed by atoms with Crippen LogP contribution in [-0.2, 0) is 12.7 Å². The molecule has 2 aromatic rings. The van der Waals surface area contributed by atoms with E-state index in [1.165, 1.54) is 14.2 Å². The van der Waals surface area contributed by atoms with E-state index in [9.17, 15) is 18.0 Å². The molecule has 130 valence electrons. The number of hydrogen-bond acceptors (Lipinski definition) is 3. The third-order valence-corrected chi connectivity index (χ3v) is 4.27. The molecule has 0 unspecified atom stereocenters. The predicted octanol–water partition coefficient (Wildman–Crippen LogP) is 4.35. The topological polar surface area (TPSA) is 40.5 Å². The van der Waals surface area contributed by atoms with Gasteiger partial charge in [0.2, 0.25) is 0 Å². The van der Waals surface area contributed by atoms with Crippen molar-refractivity contribution in [3.05, 3.63) is 55.4 Å². The van der Waals surface area contributed by atoms with Gasteiger partial charge < -0.3 is 14.0 Å². The molecule has 24 heavy (non-hydrogen) atoms. The van der Waals surface area contributed by atoms with Crippen molar-refractivity contribution < 1.29 is 22.6 Å². The molecule has 1 aromatic heterocycles. The Labute approximate surface area is 148 Å². The highest BCUT2D eigenvalue weighted by Crippen LogP contribution is 2.34. The predicted molar refractivity (Wildman–Crippen MR) is 87.1 cm³/mol. The summed E-state index contributed by atoms with van der Waals surface area (Å²) in [4.78, 5) is 12.0. The van der Waals surface area contributed by atoms with Crippen LogP contribution in [0.5, 0.6) is 11.5 Å². The standard InChI is InChI=1S/C15H12BrClF3NO3/c1-23-12-3-8(10(16)5-13(12)24-2)6-21-7-9(15(18,19)20)4-11(17)14(21)22/h3-5,7H,6H2,1-2H3. The number of nitrogens with zero attached hydrogens (tertiary/aromatic N) is 1. The zero-order valence-corrected chi connectivity index (χ0v) is 14.9. The van der Waals surface area contributed by atoms with Gasteiger partial charge in [-0.3, -0.25) is 4.79 Å². The lowest BCUT2D eigenvalue weighted by Gasteiger charge is -2.15. The van der Waals surface area contributed by atoms with Gasteiger partial charge in [-0.1, -0.05) is 27.5 Å². The van der Waals surface area contributed by atoms with E-state index in [1.54, 1.807) is 12.1 Å². The number of methoxy groups -OCH3 is 2. The van der Waals surface area contributed by atoms with Crippen molar-refractivity contribution >= 4 is 27.5 Å². The van der Waals surface area contributed by atoms with Gasteiger partial charge in [0.15, 0.2) is 11.5 Å². The zero-order chi connectivity index (χ0) is 18.1. The molecule has 0 radical (unpaired) electrons. The fourth-order valence-electron chi connectivity index (χ4n) is 2.07. The summed E-state index contributed by atoms with van der Waals surface area (Å²) in [5, 5.41) is -0.499. The van der Waals surface area contributed by atoms with Crippen molar-refractivity contribution in [3.63, 3.8) is 0 Å². The van der Waals surface area contributed by atoms with Gasteiger partial charge in [-0.25, -0.2) is 0 Å². The number of benzene rings is 1. The minimum absolute atomic E-state index is 0.122. The molecule has 0 fully saturated rings. The van der Waals surface area contributed by atoms with Crippen molar-refractivity contribution in [2.45, 2.75) is 12.7 Å². The highest BCUT2D eigenvalue weighted by Gasteiger charge is 2.32. The fourth-order valence-corrected chi connectivity index (χ4v) is 2.75. The Kier molecular flexibility index (Phi) is 5.49. The van der Waals surface area contributed by atoms with Crippen LogP contribution in [0.25, 0.3) is 0 Å². The summed E-state index contributed by atoms with van der Waals surface area (Å²) in [6.45, 7) is -0.122. The Balaban J connectivity index is 2.52. The van der Waals surface area contributed by atoms with E-state index in [1.807, 2.05) is 0 Å². The number of alkyl halides is 3. The molecular weight excluding hydrogens is 415 g/mol. The molecule has 0 saturated heterocycles. The van der Waals surface area contributed by atoms with Gasteiger partial charge in [0.05, 0.1) is 26.3 Å². The molecule has 0 saturated carbocycles. The van der Waals surface area contributed by atoms with Crippen LogP contribution in [0.2, 0.25) is 5.02 Å². The second-order valence-corrected chi connectivity index (χ2v) is 6.07. The van der Waals surface area contributed by atoms with Crippen LogP contribution in [0.15, 0.2) is 33.7 Å². The van der Waals surface area contributed by atoms with Gasteiger partial charge in [-0.15, -0.1) is 0 Å². The van der Waals surface area contributed by atoms with E-state index in [4.69, 9.17) is 21.1 Å². The molecule has 9 heteroatoms. The molecule has 0 aliphatic rings. The van der Waals surface area contributed by atoms with E-state index >= 15 is 0 Å². The van der Waals surface area contributed by atoms with Gasteiger partial charge in [-0.05, 0) is 23.8 Å². The van der Waals surface area contributed by atoms with E-state index in [2.05, 4.69) is 15.9 Å². The van der Waals surface area contributed by atoms with Crippen LogP contribution in [0.3, 0.4) is 0 Å². The Bertz CT molecular complexity index is 821. The summed E-state index contributed by atoms with van der Waals surface area (Å²) in [6.07, 6.45) is -3.87. The van der Waals surface area contributed by atoms with Crippen molar-refractivity contribution in [2.24, 2.45) is 0 Å². The molecule has 0 spiro atoms. The third kappa shape index (κ3) is 3.87. The van der Waals surface area contributed by atoms with Crippen LogP contribution in [0.1, 0.15) is 11.1 Å². The summed E-state index contributed by atoms with van der Waals surface area (Å²) < 4.78 is 50.4. The molecule has 0 aliphatic heterocycles. The smallest absolute Gasteiger partial charge is 0.417 e. The molecular formula is C15H12BrClF3NO3. The van der Waals surface area contributed by atoms with E-state index in [0.29, 0.717) is 27.6 Å². The SMILES string of the molecule is COc1cc(Br)c(Cn2cc(C(F)(F)F)cc(Cl)c2=O)cc1OC. The maximum absolute atomic E-state index is 12.9. The molecule has 1 heterocycles. The van der Waals surface area contributed by atoms with Crippen LogP contribution < -0.4 is 15.0 Å². The Morgan fingerprint density at radius 3 is 2.29 bits per heavy atom. The average molecular weight is 427 g/mol. The second-order valence-electron chi connectivity index (χ2n) is 4.81. The van der Waals surface area contributed by atoms with Gasteiger partial charge >= 0.3 is 6.18 Å². The quantitative estimate of drug-likeness (QED) is 0.730. The van der Waals surface area contributed by atoms with Crippen molar-refractivity contribution in [1.29, 1.82) is 0 Å². The Hall–Kier alpha value is -1.67. The maximum Gasteiger partial charge on any atom is 0.417 e. The first-order valence-corrected chi connectivity index (χ1v) is 7.72. The Morgan fingerprint density at radius 1 is 1.17 bits per heavy atom. The number of ether oxygens (including phenoxy) is 2. The number of halogens is 5. The Morgan fingerprint density at radius 2 is 1.75 bits per heavy atom. The molecule has 0 N–H and O–H groups in total. The molecule has 2 rings (SSSR count). The van der Waals surface area contributed by atoms with Crippen molar-refractivity contribution in [2.75, 3.05) is 14.2 Å². The third-order valence-electron chi connectivity index (χ3n) is 3.26. The minimum Gasteiger partial charge on any atom is -0.493 e. The second kappa shape index (κ2) is 7.06. The first-order valence-electron chi connectivity index (χ1n) is 6.55. The lowest BCUT2D eigenvalue weighted by atomic mass is 10.2. The highest BCUT2D eigenvalue weighted by molar-refractivity contribution is 9.10. The van der Waals surface area contributed by atoms with E-state index in [-0.39, 0.29) is 6.54 Å². The summed E-state index contributed by atoms with van der Waals surface area (Å²) in [7, 11) is 2.89. The number of hydrogen-bond donors (Lipinski definition) is 0. The molecule has 0 atom stereocenters. The van der Waals surface area contributed by atoms with Crippen LogP contribution >= 0.6 is 27.5 Å². The zero-order valence-electron chi connectivity index (χ0n) is 12.6. The summed E-state index contributed by atoms with van der Waals surface area (Å²) in [5.41, 5.74) is -1.18. The first kappa shape index (κ1) is 18.7. The lowest BCUT2D eigenvalue weighted by molar-refractivity contribution is -0.138. The average Bonchev–Trinajstić information content (AvgIpc) is 2.51. The summed E-state index contributed by atoms with van der Waals surface area (Å²) in [6, 6.07) is 3.79. The lowest BCUT2D eigenvalue weighted by Crippen LogP contribution is -2.23. The number of rotatable bonds is 4. The van der Waals surface area contributed by atoms with E-state index < -0.39 is 22.3 Å². The molecule has 0 aliphatic carbocycles. The van der Waals surface area contributed by atoms with Gasteiger partial charge in [-0.2, -0.15) is 13.2 Å². The van der Waals surface area contributed by atoms with Gasteiger partial charge in [0.25, 0.3) is 5.56 Å². The number of aromatic nitrogens is 1. The molecule has 1 aromatic carbocycles. The van der Waals surface area contributed by atoms with Crippen LogP contribution in [0.4, 0.5) is 13.2 Å². The van der Waals surface area contributed by atoms with Gasteiger partial charge in [0.1, 0.15) is 5.02 Å². The number of pyridine rings is 1. The summed E-state index contributed by atoms with van der Waals surface area (Å²) >= 11 is 8.95. The molecule has 0 amide bonds. The monoisotopic (exact) mass is 425 g/mol. The van der Waals surface area contributed by atoms with Crippen LogP contribution in [0, 0.1) is 0 Å². The van der Waals surface area contributed by atoms with Gasteiger partial charge in [0, 0.05) is 10.7 Å². The maximum atomic E-state index is 12.9. The highest BCUT2D eigenvalue weighted by atomic mass is 79.9. The minimum atomic E-state index is -4.60. The summed E-state index contributed by atoms with van der Waals surface area (Å²) in [5.74, 6) is 0.837. The van der Waals surface area contributed by atoms with E-state index in [0.717, 1.165) is 10.8 Å². The first-order chi connectivity index (χ1) is 11.2. The normalized spacial score (nSPS) is 11.5. The fraction of sp³-hybridized carbons (Fsp3) is 0.267. The molecule has 4 nitrogen and oxygen atoms in total.